The summed E-state index contributed by atoms with van der Waals surface area (Å²) >= 11 is 1.55. The van der Waals surface area contributed by atoms with Crippen LogP contribution in [0.5, 0.6) is 0 Å². The van der Waals surface area contributed by atoms with Crippen molar-refractivity contribution < 1.29 is 24.2 Å². The molecule has 0 aliphatic heterocycles. The number of rotatable bonds is 8. The van der Waals surface area contributed by atoms with Gasteiger partial charge in [-0.2, -0.15) is 11.8 Å². The maximum atomic E-state index is 12.5. The first kappa shape index (κ1) is 23.2. The second kappa shape index (κ2) is 11.3. The number of hydrogen-bond acceptors (Lipinski definition) is 5. The predicted octanol–water partition coefficient (Wildman–Crippen LogP) is 2.85. The van der Waals surface area contributed by atoms with E-state index in [9.17, 15) is 14.4 Å². The van der Waals surface area contributed by atoms with Gasteiger partial charge in [0.2, 0.25) is 5.91 Å². The minimum Gasteiger partial charge on any atom is -0.472 e. The average molecular weight is 453 g/mol. The monoisotopic (exact) mass is 452 g/mol. The maximum absolute atomic E-state index is 12.5. The third-order valence-electron chi connectivity index (χ3n) is 5.11. The van der Waals surface area contributed by atoms with Crippen LogP contribution in [-0.2, 0) is 14.3 Å². The largest absolute Gasteiger partial charge is 0.472 e. The van der Waals surface area contributed by atoms with Crippen LogP contribution in [0.1, 0.15) is 23.5 Å². The molecule has 1 aliphatic carbocycles. The van der Waals surface area contributed by atoms with E-state index >= 15 is 0 Å². The van der Waals surface area contributed by atoms with Gasteiger partial charge in [0.05, 0.1) is 6.54 Å². The summed E-state index contributed by atoms with van der Waals surface area (Å²) in [6.45, 7) is 0.0358. The molecule has 8 heteroatoms. The average Bonchev–Trinajstić information content (AvgIpc) is 3.11. The molecule has 0 bridgehead atoms. The van der Waals surface area contributed by atoms with Crippen molar-refractivity contribution in [2.75, 3.05) is 25.2 Å². The number of hydrogen-bond donors (Lipinski definition) is 3. The van der Waals surface area contributed by atoms with Crippen molar-refractivity contribution >= 4 is 29.7 Å². The van der Waals surface area contributed by atoms with Crippen LogP contribution in [0, 0.1) is 11.8 Å². The molecule has 3 rings (SSSR count). The zero-order valence-corrected chi connectivity index (χ0v) is 18.4. The van der Waals surface area contributed by atoms with Crippen molar-refractivity contribution in [1.29, 1.82) is 0 Å². The van der Waals surface area contributed by atoms with Crippen molar-refractivity contribution in [3.05, 3.63) is 59.7 Å². The number of benzene rings is 2. The summed E-state index contributed by atoms with van der Waals surface area (Å²) < 4.78 is 5.51. The van der Waals surface area contributed by atoms with Gasteiger partial charge in [0.15, 0.2) is 0 Å². The molecule has 1 atom stereocenters. The highest BCUT2D eigenvalue weighted by Crippen LogP contribution is 2.44. The molecule has 0 radical (unpaired) electrons. The highest BCUT2D eigenvalue weighted by molar-refractivity contribution is 7.98. The Morgan fingerprint density at radius 2 is 1.72 bits per heavy atom. The summed E-state index contributed by atoms with van der Waals surface area (Å²) in [5.41, 5.74) is 4.49. The number of alkyl carbamates (subject to hydrolysis) is 1. The fourth-order valence-electron chi connectivity index (χ4n) is 3.66. The molecule has 2 amide bonds. The third-order valence-corrected chi connectivity index (χ3v) is 5.75. The number of ether oxygens (including phenoxy) is 1. The normalized spacial score (nSPS) is 12.5. The molecule has 0 aromatic heterocycles. The van der Waals surface area contributed by atoms with E-state index < -0.39 is 24.0 Å². The van der Waals surface area contributed by atoms with E-state index in [2.05, 4.69) is 28.7 Å². The molecule has 0 saturated heterocycles. The Hall–Kier alpha value is -3.44. The molecule has 0 fully saturated rings. The third kappa shape index (κ3) is 5.83. The highest BCUT2D eigenvalue weighted by atomic mass is 32.2. The Morgan fingerprint density at radius 1 is 1.09 bits per heavy atom. The van der Waals surface area contributed by atoms with Gasteiger partial charge in [-0.3, -0.25) is 4.79 Å². The first-order chi connectivity index (χ1) is 15.5. The van der Waals surface area contributed by atoms with E-state index in [1.807, 2.05) is 48.6 Å². The second-order valence-electron chi connectivity index (χ2n) is 7.13. The second-order valence-corrected chi connectivity index (χ2v) is 8.11. The van der Waals surface area contributed by atoms with Crippen molar-refractivity contribution in [3.8, 4) is 23.0 Å². The molecule has 0 saturated carbocycles. The molecule has 1 aliphatic rings. The summed E-state index contributed by atoms with van der Waals surface area (Å²) in [6.07, 6.45) is 1.63. The summed E-state index contributed by atoms with van der Waals surface area (Å²) in [4.78, 5) is 35.3. The van der Waals surface area contributed by atoms with Crippen LogP contribution < -0.4 is 10.6 Å². The van der Waals surface area contributed by atoms with Gasteiger partial charge in [-0.1, -0.05) is 54.5 Å². The topological polar surface area (TPSA) is 105 Å². The molecule has 0 unspecified atom stereocenters. The Balaban J connectivity index is 1.61. The summed E-state index contributed by atoms with van der Waals surface area (Å²) in [5, 5.41) is 13.7. The van der Waals surface area contributed by atoms with Crippen LogP contribution in [0.25, 0.3) is 11.1 Å². The zero-order valence-electron chi connectivity index (χ0n) is 17.6. The van der Waals surface area contributed by atoms with Gasteiger partial charge in [-0.15, -0.1) is 0 Å². The molecule has 32 heavy (non-hydrogen) atoms. The Morgan fingerprint density at radius 3 is 2.31 bits per heavy atom. The molecular weight excluding hydrogens is 428 g/mol. The molecule has 2 aromatic carbocycles. The standard InChI is InChI=1S/C24H24N2O5S/c1-32-14-12-21(23(29)25-13-6-11-22(27)28)26-24(30)31-15-20-18-9-4-2-7-16(18)17-8-3-5-10-19(17)20/h2-5,7-10,20-21H,12-15H2,1H3,(H,25,29)(H,26,30)(H,27,28)/t21-/m1/s1. The van der Waals surface area contributed by atoms with Gasteiger partial charge in [0.25, 0.3) is 0 Å². The number of thioether (sulfide) groups is 1. The van der Waals surface area contributed by atoms with Crippen LogP contribution >= 0.6 is 11.8 Å². The molecule has 166 valence electrons. The molecule has 3 N–H and O–H groups in total. The molecule has 7 nitrogen and oxygen atoms in total. The highest BCUT2D eigenvalue weighted by Gasteiger charge is 2.29. The number of carbonyl (C=O) groups is 3. The van der Waals surface area contributed by atoms with Crippen LogP contribution in [-0.4, -0.2) is 54.3 Å². The molecular formula is C24H24N2O5S. The van der Waals surface area contributed by atoms with Crippen LogP contribution in [0.2, 0.25) is 0 Å². The van der Waals surface area contributed by atoms with E-state index in [0.29, 0.717) is 12.2 Å². The fourth-order valence-corrected chi connectivity index (χ4v) is 4.13. The summed E-state index contributed by atoms with van der Waals surface area (Å²) in [6, 6.07) is 15.3. The van der Waals surface area contributed by atoms with Crippen LogP contribution in [0.15, 0.2) is 48.5 Å². The number of carboxylic acid groups (broad SMARTS) is 1. The van der Waals surface area contributed by atoms with Crippen molar-refractivity contribution in [2.45, 2.75) is 18.4 Å². The van der Waals surface area contributed by atoms with Gasteiger partial charge in [0.1, 0.15) is 12.6 Å². The lowest BCUT2D eigenvalue weighted by Crippen LogP contribution is -2.47. The number of fused-ring (bicyclic) bond motifs is 3. The van der Waals surface area contributed by atoms with Gasteiger partial charge in [-0.25, -0.2) is 9.59 Å². The summed E-state index contributed by atoms with van der Waals surface area (Å²) in [5.74, 6) is 3.14. The van der Waals surface area contributed by atoms with E-state index in [4.69, 9.17) is 9.84 Å². The number of carbonyl (C=O) groups excluding carboxylic acids is 2. The smallest absolute Gasteiger partial charge is 0.407 e. The fraction of sp³-hybridized carbons (Fsp3) is 0.292. The lowest BCUT2D eigenvalue weighted by molar-refractivity contribution is -0.130. The summed E-state index contributed by atoms with van der Waals surface area (Å²) in [7, 11) is 0. The molecule has 0 heterocycles. The number of amides is 2. The number of carboxylic acids is 1. The van der Waals surface area contributed by atoms with E-state index in [-0.39, 0.29) is 19.1 Å². The number of aliphatic carboxylic acids is 1. The Labute approximate surface area is 190 Å². The van der Waals surface area contributed by atoms with E-state index in [1.54, 1.807) is 11.8 Å². The first-order valence-corrected chi connectivity index (χ1v) is 11.5. The Bertz CT molecular complexity index is 1010. The zero-order chi connectivity index (χ0) is 22.9. The SMILES string of the molecule is CSCC[C@@H](NC(=O)OCC1c2ccccc2-c2ccccc21)C(=O)NCC#CC(=O)O. The van der Waals surface area contributed by atoms with Crippen LogP contribution in [0.4, 0.5) is 4.79 Å². The van der Waals surface area contributed by atoms with Gasteiger partial charge < -0.3 is 20.5 Å². The first-order valence-electron chi connectivity index (χ1n) is 10.1. The van der Waals surface area contributed by atoms with E-state index in [0.717, 1.165) is 22.3 Å². The minimum absolute atomic E-state index is 0.0714. The predicted molar refractivity (Wildman–Crippen MR) is 123 cm³/mol. The maximum Gasteiger partial charge on any atom is 0.407 e. The van der Waals surface area contributed by atoms with Gasteiger partial charge in [-0.05, 0) is 40.7 Å². The quantitative estimate of drug-likeness (QED) is 0.532. The van der Waals surface area contributed by atoms with Crippen molar-refractivity contribution in [1.82, 2.24) is 10.6 Å². The molecule has 2 aromatic rings. The lowest BCUT2D eigenvalue weighted by atomic mass is 9.98. The molecule has 0 spiro atoms. The lowest BCUT2D eigenvalue weighted by Gasteiger charge is -2.19. The van der Waals surface area contributed by atoms with Gasteiger partial charge >= 0.3 is 12.1 Å². The van der Waals surface area contributed by atoms with Crippen molar-refractivity contribution in [3.63, 3.8) is 0 Å². The van der Waals surface area contributed by atoms with E-state index in [1.165, 1.54) is 0 Å². The van der Waals surface area contributed by atoms with Gasteiger partial charge in [0, 0.05) is 11.8 Å². The van der Waals surface area contributed by atoms with Crippen molar-refractivity contribution in [2.24, 2.45) is 0 Å². The number of nitrogens with one attached hydrogen (secondary N) is 2. The van der Waals surface area contributed by atoms with Crippen LogP contribution in [0.3, 0.4) is 0 Å². The Kier molecular flexibility index (Phi) is 8.17. The minimum atomic E-state index is -1.27.